The molecule has 0 spiro atoms. The van der Waals surface area contributed by atoms with Gasteiger partial charge >= 0.3 is 0 Å². The molecule has 2 aliphatic rings. The molecule has 2 saturated heterocycles. The summed E-state index contributed by atoms with van der Waals surface area (Å²) >= 11 is 0. The van der Waals surface area contributed by atoms with Crippen molar-refractivity contribution in [3.8, 4) is 23.0 Å². The Labute approximate surface area is 217 Å². The molecule has 0 unspecified atom stereocenters. The van der Waals surface area contributed by atoms with Gasteiger partial charge < -0.3 is 64.2 Å². The van der Waals surface area contributed by atoms with E-state index < -0.39 is 55.3 Å². The highest BCUT2D eigenvalue weighted by molar-refractivity contribution is 5.41. The standard InChI is InChI=1S/C25H32O13/c1-33-17-8-13(2-7-16(17)28)10-34-11-25(32)12-35-24(22(25)31)38-21-20(30)19(29)18(9-26)37-23(21)36-15-5-3-14(27)4-6-15/h2-8,18-24,26-32H,9-12H2,1H3/t18-,19-,20+,21-,22+,23-,24+,25-/m1/s1. The maximum absolute atomic E-state index is 10.9. The van der Waals surface area contributed by atoms with E-state index in [9.17, 15) is 35.7 Å². The minimum atomic E-state index is -1.87. The van der Waals surface area contributed by atoms with Gasteiger partial charge in [-0.2, -0.15) is 0 Å². The normalized spacial score (nSPS) is 33.3. The van der Waals surface area contributed by atoms with Crippen molar-refractivity contribution in [2.24, 2.45) is 0 Å². The Balaban J connectivity index is 1.40. The van der Waals surface area contributed by atoms with E-state index in [1.54, 1.807) is 12.1 Å². The predicted octanol–water partition coefficient (Wildman–Crippen LogP) is -1.03. The molecule has 8 atom stereocenters. The number of hydrogen-bond acceptors (Lipinski definition) is 13. The van der Waals surface area contributed by atoms with Crippen LogP contribution in [0.1, 0.15) is 5.56 Å². The monoisotopic (exact) mass is 540 g/mol. The SMILES string of the molecule is COc1cc(COC[C@@]2(O)CO[C@@H](O[C@H]3[C@H](Oc4ccc(O)cc4)O[C@H](CO)[C@@H](O)[C@@H]3O)[C@@H]2O)ccc1O. The van der Waals surface area contributed by atoms with Gasteiger partial charge in [-0.25, -0.2) is 0 Å². The zero-order valence-corrected chi connectivity index (χ0v) is 20.5. The third-order valence-corrected chi connectivity index (χ3v) is 6.38. The molecular formula is C25H32O13. The zero-order valence-electron chi connectivity index (χ0n) is 20.5. The van der Waals surface area contributed by atoms with E-state index in [4.69, 9.17) is 28.4 Å². The van der Waals surface area contributed by atoms with Crippen LogP contribution in [0, 0.1) is 0 Å². The topological polar surface area (TPSA) is 197 Å². The van der Waals surface area contributed by atoms with Gasteiger partial charge in [0.1, 0.15) is 41.5 Å². The van der Waals surface area contributed by atoms with E-state index in [2.05, 4.69) is 0 Å². The van der Waals surface area contributed by atoms with Gasteiger partial charge in [-0.15, -0.1) is 0 Å². The third-order valence-electron chi connectivity index (χ3n) is 6.38. The van der Waals surface area contributed by atoms with Crippen LogP contribution < -0.4 is 9.47 Å². The summed E-state index contributed by atoms with van der Waals surface area (Å²) in [7, 11) is 1.41. The molecular weight excluding hydrogens is 508 g/mol. The molecule has 2 aliphatic heterocycles. The Morgan fingerprint density at radius 1 is 1.00 bits per heavy atom. The number of phenolic OH excluding ortho intramolecular Hbond substituents is 2. The number of ether oxygens (including phenoxy) is 6. The molecule has 0 aliphatic carbocycles. The van der Waals surface area contributed by atoms with Crippen molar-refractivity contribution in [1.29, 1.82) is 0 Å². The van der Waals surface area contributed by atoms with Crippen molar-refractivity contribution < 1.29 is 64.2 Å². The first-order valence-corrected chi connectivity index (χ1v) is 11.8. The van der Waals surface area contributed by atoms with Crippen LogP contribution in [0.15, 0.2) is 42.5 Å². The summed E-state index contributed by atoms with van der Waals surface area (Å²) in [4.78, 5) is 0. The number of benzene rings is 2. The summed E-state index contributed by atoms with van der Waals surface area (Å²) in [5, 5.41) is 71.5. The third kappa shape index (κ3) is 6.12. The van der Waals surface area contributed by atoms with Crippen molar-refractivity contribution in [2.75, 3.05) is 26.9 Å². The van der Waals surface area contributed by atoms with Crippen LogP contribution in [-0.2, 0) is 25.6 Å². The number of aromatic hydroxyl groups is 2. The molecule has 2 fully saturated rings. The molecule has 0 amide bonds. The molecule has 0 aromatic heterocycles. The van der Waals surface area contributed by atoms with Gasteiger partial charge in [-0.3, -0.25) is 0 Å². The van der Waals surface area contributed by atoms with E-state index in [1.165, 1.54) is 37.4 Å². The zero-order chi connectivity index (χ0) is 27.4. The van der Waals surface area contributed by atoms with Crippen LogP contribution in [0.2, 0.25) is 0 Å². The van der Waals surface area contributed by atoms with E-state index in [1.807, 2.05) is 0 Å². The Kier molecular flexibility index (Phi) is 8.92. The summed E-state index contributed by atoms with van der Waals surface area (Å²) < 4.78 is 33.1. The van der Waals surface area contributed by atoms with E-state index in [0.717, 1.165) is 0 Å². The molecule has 0 saturated carbocycles. The largest absolute Gasteiger partial charge is 0.508 e. The fraction of sp³-hybridized carbons (Fsp3) is 0.520. The van der Waals surface area contributed by atoms with Crippen LogP contribution in [0.3, 0.4) is 0 Å². The molecule has 13 heteroatoms. The fourth-order valence-electron chi connectivity index (χ4n) is 4.16. The lowest BCUT2D eigenvalue weighted by molar-refractivity contribution is -0.319. The molecule has 0 radical (unpaired) electrons. The lowest BCUT2D eigenvalue weighted by atomic mass is 9.98. The van der Waals surface area contributed by atoms with Gasteiger partial charge in [0, 0.05) is 0 Å². The first-order chi connectivity index (χ1) is 18.1. The number of aliphatic hydroxyl groups is 5. The lowest BCUT2D eigenvalue weighted by Crippen LogP contribution is -2.62. The second-order valence-electron chi connectivity index (χ2n) is 9.15. The van der Waals surface area contributed by atoms with Gasteiger partial charge in [-0.1, -0.05) is 6.07 Å². The number of aliphatic hydroxyl groups excluding tert-OH is 4. The highest BCUT2D eigenvalue weighted by Gasteiger charge is 2.53. The van der Waals surface area contributed by atoms with E-state index in [0.29, 0.717) is 5.56 Å². The minimum absolute atomic E-state index is 0.00747. The maximum atomic E-state index is 10.9. The van der Waals surface area contributed by atoms with Gasteiger partial charge in [0.2, 0.25) is 6.29 Å². The van der Waals surface area contributed by atoms with E-state index in [-0.39, 0.29) is 42.8 Å². The molecule has 2 aromatic rings. The predicted molar refractivity (Wildman–Crippen MR) is 126 cm³/mol. The molecule has 2 heterocycles. The van der Waals surface area contributed by atoms with Crippen LogP contribution >= 0.6 is 0 Å². The van der Waals surface area contributed by atoms with Crippen LogP contribution in [-0.4, -0.2) is 111 Å². The molecule has 0 bridgehead atoms. The Hall–Kier alpha value is -2.72. The number of rotatable bonds is 10. The average Bonchev–Trinajstić information content (AvgIpc) is 3.19. The van der Waals surface area contributed by atoms with Gasteiger partial charge in [0.15, 0.2) is 23.9 Å². The van der Waals surface area contributed by atoms with Gasteiger partial charge in [-0.05, 0) is 42.0 Å². The summed E-state index contributed by atoms with van der Waals surface area (Å²) in [6.07, 6.45) is -10.2. The molecule has 2 aromatic carbocycles. The highest BCUT2D eigenvalue weighted by atomic mass is 16.8. The lowest BCUT2D eigenvalue weighted by Gasteiger charge is -2.42. The molecule has 7 N–H and O–H groups in total. The minimum Gasteiger partial charge on any atom is -0.508 e. The molecule has 38 heavy (non-hydrogen) atoms. The Morgan fingerprint density at radius 3 is 2.42 bits per heavy atom. The van der Waals surface area contributed by atoms with Gasteiger partial charge in [0.25, 0.3) is 0 Å². The summed E-state index contributed by atoms with van der Waals surface area (Å²) in [6.45, 7) is -1.30. The van der Waals surface area contributed by atoms with Crippen LogP contribution in [0.5, 0.6) is 23.0 Å². The molecule has 13 nitrogen and oxygen atoms in total. The second-order valence-corrected chi connectivity index (χ2v) is 9.15. The second kappa shape index (κ2) is 12.0. The Morgan fingerprint density at radius 2 is 1.74 bits per heavy atom. The maximum Gasteiger partial charge on any atom is 0.229 e. The quantitative estimate of drug-likeness (QED) is 0.193. The van der Waals surface area contributed by atoms with Crippen LogP contribution in [0.4, 0.5) is 0 Å². The molecule has 210 valence electrons. The van der Waals surface area contributed by atoms with Crippen molar-refractivity contribution in [2.45, 2.75) is 55.3 Å². The van der Waals surface area contributed by atoms with E-state index >= 15 is 0 Å². The first-order valence-electron chi connectivity index (χ1n) is 11.8. The number of hydrogen-bond donors (Lipinski definition) is 7. The van der Waals surface area contributed by atoms with Gasteiger partial charge in [0.05, 0.1) is 33.5 Å². The smallest absolute Gasteiger partial charge is 0.229 e. The van der Waals surface area contributed by atoms with Crippen molar-refractivity contribution in [3.63, 3.8) is 0 Å². The summed E-state index contributed by atoms with van der Waals surface area (Å²) in [6, 6.07) is 10.2. The Bertz CT molecular complexity index is 1050. The summed E-state index contributed by atoms with van der Waals surface area (Å²) in [5.41, 5.74) is -1.22. The number of phenols is 2. The van der Waals surface area contributed by atoms with Crippen molar-refractivity contribution in [1.82, 2.24) is 0 Å². The van der Waals surface area contributed by atoms with Crippen molar-refractivity contribution in [3.05, 3.63) is 48.0 Å². The molecule has 4 rings (SSSR count). The van der Waals surface area contributed by atoms with Crippen LogP contribution in [0.25, 0.3) is 0 Å². The highest BCUT2D eigenvalue weighted by Crippen LogP contribution is 2.33. The average molecular weight is 541 g/mol. The summed E-state index contributed by atoms with van der Waals surface area (Å²) in [5.74, 6) is 0.439. The van der Waals surface area contributed by atoms with Crippen molar-refractivity contribution >= 4 is 0 Å². The first kappa shape index (κ1) is 28.3. The number of methoxy groups -OCH3 is 1. The fourth-order valence-corrected chi connectivity index (χ4v) is 4.16.